The van der Waals surface area contributed by atoms with Crippen molar-refractivity contribution in [1.29, 1.82) is 0 Å². The van der Waals surface area contributed by atoms with Crippen LogP contribution in [0.25, 0.3) is 0 Å². The van der Waals surface area contributed by atoms with E-state index < -0.39 is 0 Å². The number of rotatable bonds is 11. The zero-order valence-corrected chi connectivity index (χ0v) is 20.1. The molecule has 1 unspecified atom stereocenters. The summed E-state index contributed by atoms with van der Waals surface area (Å²) in [6.45, 7) is 7.04. The van der Waals surface area contributed by atoms with Crippen molar-refractivity contribution in [1.82, 2.24) is 20.4 Å². The van der Waals surface area contributed by atoms with E-state index in [0.29, 0.717) is 6.04 Å². The molecule has 156 valence electrons. The molecule has 1 fully saturated rings. The number of ether oxygens (including phenoxy) is 1. The number of methoxy groups -OCH3 is 1. The molecule has 1 saturated heterocycles. The molecule has 0 spiro atoms. The Morgan fingerprint density at radius 2 is 2.11 bits per heavy atom. The quantitative estimate of drug-likeness (QED) is 0.208. The lowest BCUT2D eigenvalue weighted by molar-refractivity contribution is 0.180. The first-order valence-electron chi connectivity index (χ1n) is 9.64. The van der Waals surface area contributed by atoms with E-state index in [4.69, 9.17) is 4.74 Å². The van der Waals surface area contributed by atoms with Crippen molar-refractivity contribution < 1.29 is 4.74 Å². The summed E-state index contributed by atoms with van der Waals surface area (Å²) < 4.78 is 5.10. The van der Waals surface area contributed by atoms with Gasteiger partial charge in [-0.1, -0.05) is 6.07 Å². The van der Waals surface area contributed by atoms with Gasteiger partial charge in [0.1, 0.15) is 0 Å². The van der Waals surface area contributed by atoms with Gasteiger partial charge in [-0.05, 0) is 50.8 Å². The van der Waals surface area contributed by atoms with Gasteiger partial charge in [0.05, 0.1) is 6.04 Å². The predicted molar refractivity (Wildman–Crippen MR) is 127 cm³/mol. The van der Waals surface area contributed by atoms with Crippen LogP contribution in [0, 0.1) is 0 Å². The average Bonchev–Trinajstić information content (AvgIpc) is 3.35. The number of halogens is 1. The van der Waals surface area contributed by atoms with Gasteiger partial charge in [-0.3, -0.25) is 9.89 Å². The SMILES string of the molecule is CN=C(NCCN(C)CCCOC)NCC(c1cccs1)N1CCCC1.I. The van der Waals surface area contributed by atoms with Crippen molar-refractivity contribution in [2.45, 2.75) is 25.3 Å². The van der Waals surface area contributed by atoms with Crippen LogP contribution in [0.1, 0.15) is 30.2 Å². The zero-order valence-electron chi connectivity index (χ0n) is 16.9. The summed E-state index contributed by atoms with van der Waals surface area (Å²) in [4.78, 5) is 10.7. The smallest absolute Gasteiger partial charge is 0.191 e. The van der Waals surface area contributed by atoms with E-state index in [1.54, 1.807) is 7.11 Å². The minimum Gasteiger partial charge on any atom is -0.385 e. The average molecular weight is 510 g/mol. The second-order valence-corrected chi connectivity index (χ2v) is 7.78. The summed E-state index contributed by atoms with van der Waals surface area (Å²) in [6.07, 6.45) is 3.69. The zero-order chi connectivity index (χ0) is 18.6. The molecule has 0 radical (unpaired) electrons. The molecule has 1 aromatic heterocycles. The lowest BCUT2D eigenvalue weighted by Gasteiger charge is -2.27. The molecule has 1 aromatic rings. The number of guanidine groups is 1. The van der Waals surface area contributed by atoms with Gasteiger partial charge < -0.3 is 20.3 Å². The van der Waals surface area contributed by atoms with Crippen LogP contribution >= 0.6 is 35.3 Å². The highest BCUT2D eigenvalue weighted by Crippen LogP contribution is 2.27. The molecule has 8 heteroatoms. The van der Waals surface area contributed by atoms with Crippen LogP contribution in [0.15, 0.2) is 22.5 Å². The van der Waals surface area contributed by atoms with Gasteiger partial charge in [-0.15, -0.1) is 35.3 Å². The first-order chi connectivity index (χ1) is 12.7. The molecule has 1 aliphatic rings. The monoisotopic (exact) mass is 509 g/mol. The maximum Gasteiger partial charge on any atom is 0.191 e. The van der Waals surface area contributed by atoms with Gasteiger partial charge >= 0.3 is 0 Å². The van der Waals surface area contributed by atoms with E-state index in [9.17, 15) is 0 Å². The molecule has 0 bridgehead atoms. The lowest BCUT2D eigenvalue weighted by atomic mass is 10.2. The van der Waals surface area contributed by atoms with Crippen LogP contribution in [0.5, 0.6) is 0 Å². The molecular formula is C19H36IN5OS. The highest BCUT2D eigenvalue weighted by Gasteiger charge is 2.24. The minimum absolute atomic E-state index is 0. The number of hydrogen-bond donors (Lipinski definition) is 2. The van der Waals surface area contributed by atoms with E-state index in [1.165, 1.54) is 30.8 Å². The number of aliphatic imine (C=N–C) groups is 1. The van der Waals surface area contributed by atoms with Gasteiger partial charge in [0, 0.05) is 51.8 Å². The van der Waals surface area contributed by atoms with Crippen LogP contribution in [-0.2, 0) is 4.74 Å². The molecule has 2 heterocycles. The standard InChI is InChI=1S/C19H35N5OS.HI/c1-20-19(21-9-13-23(2)10-7-14-25-3)22-16-17(18-8-6-15-26-18)24-11-4-5-12-24;/h6,8,15,17H,4-5,7,9-14,16H2,1-3H3,(H2,20,21,22);1H. The Kier molecular flexibility index (Phi) is 13.3. The van der Waals surface area contributed by atoms with Crippen molar-refractivity contribution in [3.8, 4) is 0 Å². The Balaban J connectivity index is 0.00000364. The normalized spacial score (nSPS) is 16.4. The van der Waals surface area contributed by atoms with Crippen LogP contribution in [-0.4, -0.2) is 82.8 Å². The summed E-state index contributed by atoms with van der Waals surface area (Å²) in [5.74, 6) is 0.885. The Morgan fingerprint density at radius 1 is 1.33 bits per heavy atom. The summed E-state index contributed by atoms with van der Waals surface area (Å²) in [7, 11) is 5.74. The van der Waals surface area contributed by atoms with Crippen molar-refractivity contribution >= 4 is 41.3 Å². The van der Waals surface area contributed by atoms with Gasteiger partial charge in [-0.2, -0.15) is 0 Å². The first kappa shape index (κ1) is 24.6. The number of hydrogen-bond acceptors (Lipinski definition) is 5. The lowest BCUT2D eigenvalue weighted by Crippen LogP contribution is -2.44. The summed E-state index contributed by atoms with van der Waals surface area (Å²) in [5.41, 5.74) is 0. The molecule has 0 aromatic carbocycles. The minimum atomic E-state index is 0. The van der Waals surface area contributed by atoms with E-state index >= 15 is 0 Å². The number of thiophene rings is 1. The van der Waals surface area contributed by atoms with Crippen LogP contribution < -0.4 is 10.6 Å². The molecule has 0 saturated carbocycles. The van der Waals surface area contributed by atoms with Crippen molar-refractivity contribution in [3.05, 3.63) is 22.4 Å². The second kappa shape index (κ2) is 14.6. The van der Waals surface area contributed by atoms with E-state index in [1.807, 2.05) is 18.4 Å². The maximum atomic E-state index is 5.10. The molecular weight excluding hydrogens is 473 g/mol. The maximum absolute atomic E-state index is 5.10. The van der Waals surface area contributed by atoms with Gasteiger partial charge in [0.15, 0.2) is 5.96 Å². The third-order valence-corrected chi connectivity index (χ3v) is 5.79. The largest absolute Gasteiger partial charge is 0.385 e. The van der Waals surface area contributed by atoms with Gasteiger partial charge in [0.2, 0.25) is 0 Å². The highest BCUT2D eigenvalue weighted by molar-refractivity contribution is 14.0. The highest BCUT2D eigenvalue weighted by atomic mass is 127. The fraction of sp³-hybridized carbons (Fsp3) is 0.737. The molecule has 0 amide bonds. The summed E-state index contributed by atoms with van der Waals surface area (Å²) in [6, 6.07) is 4.84. The topological polar surface area (TPSA) is 52.1 Å². The number of likely N-dealkylation sites (tertiary alicyclic amines) is 1. The third-order valence-electron chi connectivity index (χ3n) is 4.81. The number of nitrogens with one attached hydrogen (secondary N) is 2. The molecule has 1 atom stereocenters. The molecule has 6 nitrogen and oxygen atoms in total. The van der Waals surface area contributed by atoms with Gasteiger partial charge in [0.25, 0.3) is 0 Å². The van der Waals surface area contributed by atoms with Crippen molar-refractivity contribution in [3.63, 3.8) is 0 Å². The van der Waals surface area contributed by atoms with Crippen LogP contribution in [0.2, 0.25) is 0 Å². The Labute approximate surface area is 185 Å². The summed E-state index contributed by atoms with van der Waals surface area (Å²) in [5, 5.41) is 9.13. The molecule has 2 rings (SSSR count). The van der Waals surface area contributed by atoms with E-state index in [-0.39, 0.29) is 24.0 Å². The molecule has 1 aliphatic heterocycles. The van der Waals surface area contributed by atoms with Crippen molar-refractivity contribution in [2.75, 3.05) is 67.1 Å². The Hall–Kier alpha value is -0.420. The van der Waals surface area contributed by atoms with Crippen LogP contribution in [0.4, 0.5) is 0 Å². The Bertz CT molecular complexity index is 508. The predicted octanol–water partition coefficient (Wildman–Crippen LogP) is 2.64. The fourth-order valence-corrected chi connectivity index (χ4v) is 4.17. The second-order valence-electron chi connectivity index (χ2n) is 6.80. The van der Waals surface area contributed by atoms with E-state index in [2.05, 4.69) is 50.0 Å². The molecule has 2 N–H and O–H groups in total. The molecule has 0 aliphatic carbocycles. The fourth-order valence-electron chi connectivity index (χ4n) is 3.31. The summed E-state index contributed by atoms with van der Waals surface area (Å²) >= 11 is 1.85. The van der Waals surface area contributed by atoms with Crippen LogP contribution in [0.3, 0.4) is 0 Å². The van der Waals surface area contributed by atoms with E-state index in [0.717, 1.165) is 45.2 Å². The number of nitrogens with zero attached hydrogens (tertiary/aromatic N) is 3. The number of likely N-dealkylation sites (N-methyl/N-ethyl adjacent to an activating group) is 1. The molecule has 27 heavy (non-hydrogen) atoms. The van der Waals surface area contributed by atoms with Gasteiger partial charge in [-0.25, -0.2) is 0 Å². The third kappa shape index (κ3) is 9.08. The first-order valence-corrected chi connectivity index (χ1v) is 10.5. The Morgan fingerprint density at radius 3 is 2.74 bits per heavy atom. The van der Waals surface area contributed by atoms with Crippen molar-refractivity contribution in [2.24, 2.45) is 4.99 Å².